The van der Waals surface area contributed by atoms with Crippen LogP contribution in [-0.2, 0) is 0 Å². The first-order valence-electron chi connectivity index (χ1n) is 8.63. The van der Waals surface area contributed by atoms with Crippen molar-refractivity contribution >= 4 is 17.2 Å². The Morgan fingerprint density at radius 3 is 2.76 bits per heavy atom. The summed E-state index contributed by atoms with van der Waals surface area (Å²) in [5.41, 5.74) is 10.6. The molecule has 0 amide bonds. The van der Waals surface area contributed by atoms with E-state index in [1.807, 2.05) is 37.3 Å². The average molecular weight is 334 g/mol. The third-order valence-electron chi connectivity index (χ3n) is 4.66. The molecule has 0 unspecified atom stereocenters. The van der Waals surface area contributed by atoms with E-state index in [2.05, 4.69) is 22.0 Å². The molecule has 0 aliphatic carbocycles. The van der Waals surface area contributed by atoms with E-state index in [9.17, 15) is 0 Å². The maximum atomic E-state index is 6.21. The van der Waals surface area contributed by atoms with Crippen LogP contribution in [0.4, 0.5) is 5.95 Å². The van der Waals surface area contributed by atoms with Gasteiger partial charge in [0.25, 0.3) is 0 Å². The van der Waals surface area contributed by atoms with Crippen LogP contribution >= 0.6 is 0 Å². The summed E-state index contributed by atoms with van der Waals surface area (Å²) < 4.78 is 1.65. The van der Waals surface area contributed by atoms with Crippen LogP contribution in [0.1, 0.15) is 37.1 Å². The van der Waals surface area contributed by atoms with Crippen LogP contribution in [0.3, 0.4) is 0 Å². The average Bonchev–Trinajstić information content (AvgIpc) is 3.08. The van der Waals surface area contributed by atoms with Crippen molar-refractivity contribution in [3.05, 3.63) is 48.3 Å². The van der Waals surface area contributed by atoms with E-state index < -0.39 is 0 Å². The molecule has 1 aliphatic rings. The monoisotopic (exact) mass is 334 g/mol. The van der Waals surface area contributed by atoms with Crippen molar-refractivity contribution in [3.8, 4) is 11.3 Å². The van der Waals surface area contributed by atoms with E-state index in [0.29, 0.717) is 11.9 Å². The maximum absolute atomic E-state index is 6.21. The predicted octanol–water partition coefficient (Wildman–Crippen LogP) is 2.87. The lowest BCUT2D eigenvalue weighted by atomic mass is 9.99. The highest BCUT2D eigenvalue weighted by atomic mass is 15.4. The molecule has 0 spiro atoms. The van der Waals surface area contributed by atoms with Crippen LogP contribution in [0.2, 0.25) is 0 Å². The van der Waals surface area contributed by atoms with Gasteiger partial charge in [0, 0.05) is 23.6 Å². The Labute approximate surface area is 146 Å². The van der Waals surface area contributed by atoms with E-state index in [1.165, 1.54) is 0 Å². The molecule has 0 saturated carbocycles. The van der Waals surface area contributed by atoms with Gasteiger partial charge in [-0.1, -0.05) is 36.9 Å². The fraction of sp³-hybridized carbons (Fsp3) is 0.316. The summed E-state index contributed by atoms with van der Waals surface area (Å²) in [6.45, 7) is 8.07. The Morgan fingerprint density at radius 2 is 2.08 bits per heavy atom. The molecule has 25 heavy (non-hydrogen) atoms. The molecule has 2 aromatic heterocycles. The topological polar surface area (TPSA) is 81.1 Å². The zero-order valence-corrected chi connectivity index (χ0v) is 14.4. The number of nitrogens with one attached hydrogen (secondary N) is 1. The number of aromatic nitrogens is 4. The molecule has 4 rings (SSSR count). The standard InChI is InChI=1S/C19H22N6/c1-12(2)15-16(13-7-4-3-5-8-13)22-19(20)25-18(15)23-17(24-25)14-9-6-10-21-11-14/h3-5,7-8,14,21H,1,6,9-11H2,2H3,(H2,20,22)/t14-/m1/s1. The van der Waals surface area contributed by atoms with Crippen molar-refractivity contribution in [3.63, 3.8) is 0 Å². The molecule has 1 atom stereocenters. The zero-order chi connectivity index (χ0) is 17.4. The van der Waals surface area contributed by atoms with Gasteiger partial charge in [-0.25, -0.2) is 9.97 Å². The number of benzene rings is 1. The summed E-state index contributed by atoms with van der Waals surface area (Å²) in [7, 11) is 0. The van der Waals surface area contributed by atoms with Gasteiger partial charge in [-0.05, 0) is 31.9 Å². The number of hydrogen-bond acceptors (Lipinski definition) is 5. The van der Waals surface area contributed by atoms with Crippen molar-refractivity contribution in [1.82, 2.24) is 24.9 Å². The number of nitrogen functional groups attached to an aromatic ring is 1. The van der Waals surface area contributed by atoms with Gasteiger partial charge < -0.3 is 11.1 Å². The van der Waals surface area contributed by atoms with Gasteiger partial charge >= 0.3 is 0 Å². The highest BCUT2D eigenvalue weighted by molar-refractivity contribution is 5.85. The zero-order valence-electron chi connectivity index (χ0n) is 14.4. The molecule has 3 aromatic rings. The van der Waals surface area contributed by atoms with Crippen molar-refractivity contribution in [1.29, 1.82) is 0 Å². The highest BCUT2D eigenvalue weighted by Gasteiger charge is 2.23. The number of nitrogens with two attached hydrogens (primary N) is 1. The SMILES string of the molecule is C=C(C)c1c(-c2ccccc2)nc(N)n2nc([C@@H]3CCCNC3)nc12. The molecule has 0 bridgehead atoms. The van der Waals surface area contributed by atoms with E-state index in [-0.39, 0.29) is 0 Å². The van der Waals surface area contributed by atoms with Gasteiger partial charge in [0.2, 0.25) is 5.95 Å². The van der Waals surface area contributed by atoms with Crippen molar-refractivity contribution in [2.75, 3.05) is 18.8 Å². The number of fused-ring (bicyclic) bond motifs is 1. The van der Waals surface area contributed by atoms with Crippen LogP contribution in [0.25, 0.3) is 22.5 Å². The number of piperidine rings is 1. The number of anilines is 1. The van der Waals surface area contributed by atoms with Gasteiger partial charge in [0.1, 0.15) is 0 Å². The van der Waals surface area contributed by atoms with Crippen molar-refractivity contribution in [2.45, 2.75) is 25.7 Å². The first-order chi connectivity index (χ1) is 12.1. The summed E-state index contributed by atoms with van der Waals surface area (Å²) in [5, 5.41) is 8.06. The summed E-state index contributed by atoms with van der Waals surface area (Å²) in [6, 6.07) is 10.0. The van der Waals surface area contributed by atoms with Crippen molar-refractivity contribution in [2.24, 2.45) is 0 Å². The van der Waals surface area contributed by atoms with Gasteiger partial charge in [-0.2, -0.15) is 4.52 Å². The van der Waals surface area contributed by atoms with Gasteiger partial charge in [-0.3, -0.25) is 0 Å². The quantitative estimate of drug-likeness (QED) is 0.770. The van der Waals surface area contributed by atoms with Crippen LogP contribution in [0.15, 0.2) is 36.9 Å². The molecule has 1 fully saturated rings. The van der Waals surface area contributed by atoms with Gasteiger partial charge in [0.15, 0.2) is 11.5 Å². The van der Waals surface area contributed by atoms with Crippen LogP contribution in [-0.4, -0.2) is 32.7 Å². The van der Waals surface area contributed by atoms with E-state index >= 15 is 0 Å². The fourth-order valence-corrected chi connectivity index (χ4v) is 3.42. The van der Waals surface area contributed by atoms with Crippen LogP contribution < -0.4 is 11.1 Å². The van der Waals surface area contributed by atoms with E-state index in [0.717, 1.165) is 59.8 Å². The Balaban J connectivity index is 1.93. The Morgan fingerprint density at radius 1 is 1.28 bits per heavy atom. The normalized spacial score (nSPS) is 17.7. The Bertz CT molecular complexity index is 922. The predicted molar refractivity (Wildman–Crippen MR) is 100 cm³/mol. The molecule has 128 valence electrons. The summed E-state index contributed by atoms with van der Waals surface area (Å²) in [5.74, 6) is 1.49. The second kappa shape index (κ2) is 6.29. The Kier molecular flexibility index (Phi) is 3.97. The summed E-state index contributed by atoms with van der Waals surface area (Å²) in [6.07, 6.45) is 2.22. The number of allylic oxidation sites excluding steroid dienone is 1. The number of hydrogen-bond donors (Lipinski definition) is 2. The largest absolute Gasteiger partial charge is 0.368 e. The smallest absolute Gasteiger partial charge is 0.223 e. The van der Waals surface area contributed by atoms with Gasteiger partial charge in [-0.15, -0.1) is 5.10 Å². The lowest BCUT2D eigenvalue weighted by molar-refractivity contribution is 0.447. The first-order valence-corrected chi connectivity index (χ1v) is 8.63. The molecular weight excluding hydrogens is 312 g/mol. The van der Waals surface area contributed by atoms with Crippen LogP contribution in [0.5, 0.6) is 0 Å². The minimum absolute atomic E-state index is 0.311. The third kappa shape index (κ3) is 2.78. The van der Waals surface area contributed by atoms with Crippen molar-refractivity contribution < 1.29 is 0 Å². The molecule has 1 saturated heterocycles. The highest BCUT2D eigenvalue weighted by Crippen LogP contribution is 2.31. The number of rotatable bonds is 3. The summed E-state index contributed by atoms with van der Waals surface area (Å²) in [4.78, 5) is 9.45. The first kappa shape index (κ1) is 15.8. The molecule has 1 aromatic carbocycles. The van der Waals surface area contributed by atoms with E-state index in [4.69, 9.17) is 10.7 Å². The van der Waals surface area contributed by atoms with Gasteiger partial charge in [0.05, 0.1) is 5.69 Å². The molecule has 6 nitrogen and oxygen atoms in total. The minimum atomic E-state index is 0.311. The lowest BCUT2D eigenvalue weighted by Crippen LogP contribution is -2.29. The molecular formula is C19H22N6. The molecule has 3 heterocycles. The molecule has 1 aliphatic heterocycles. The lowest BCUT2D eigenvalue weighted by Gasteiger charge is -2.19. The maximum Gasteiger partial charge on any atom is 0.223 e. The second-order valence-electron chi connectivity index (χ2n) is 6.59. The molecule has 6 heteroatoms. The fourth-order valence-electron chi connectivity index (χ4n) is 3.42. The molecule has 0 radical (unpaired) electrons. The minimum Gasteiger partial charge on any atom is -0.368 e. The van der Waals surface area contributed by atoms with Crippen LogP contribution in [0, 0.1) is 0 Å². The summed E-state index contributed by atoms with van der Waals surface area (Å²) >= 11 is 0. The second-order valence-corrected chi connectivity index (χ2v) is 6.59. The Hall–Kier alpha value is -2.73. The molecule has 3 N–H and O–H groups in total. The third-order valence-corrected chi connectivity index (χ3v) is 4.66. The number of nitrogens with zero attached hydrogens (tertiary/aromatic N) is 4. The van der Waals surface area contributed by atoms with E-state index in [1.54, 1.807) is 4.52 Å².